The highest BCUT2D eigenvalue weighted by molar-refractivity contribution is 6.30. The van der Waals surface area contributed by atoms with E-state index in [1.165, 1.54) is 0 Å². The molecule has 14 heavy (non-hydrogen) atoms. The van der Waals surface area contributed by atoms with Gasteiger partial charge in [-0.15, -0.1) is 0 Å². The standard InChI is InChI=1S/C10H14ClNO2/c1-3-13-7-8(2)14-10-5-4-9(11)6-12-10/h4-6,8H,3,7H2,1-2H3. The maximum absolute atomic E-state index is 5.69. The second-order valence-corrected chi connectivity index (χ2v) is 3.34. The number of aromatic nitrogens is 1. The molecular weight excluding hydrogens is 202 g/mol. The molecule has 0 N–H and O–H groups in total. The van der Waals surface area contributed by atoms with Gasteiger partial charge < -0.3 is 9.47 Å². The fourth-order valence-electron chi connectivity index (χ4n) is 0.956. The SMILES string of the molecule is CCOCC(C)Oc1ccc(Cl)cn1. The summed E-state index contributed by atoms with van der Waals surface area (Å²) in [7, 11) is 0. The average molecular weight is 216 g/mol. The van der Waals surface area contributed by atoms with Gasteiger partial charge in [-0.2, -0.15) is 0 Å². The second kappa shape index (κ2) is 5.83. The first-order valence-electron chi connectivity index (χ1n) is 4.58. The van der Waals surface area contributed by atoms with Gasteiger partial charge in [0.15, 0.2) is 0 Å². The van der Waals surface area contributed by atoms with E-state index >= 15 is 0 Å². The molecule has 3 nitrogen and oxygen atoms in total. The van der Waals surface area contributed by atoms with Gasteiger partial charge in [0, 0.05) is 18.9 Å². The van der Waals surface area contributed by atoms with Gasteiger partial charge in [-0.1, -0.05) is 11.6 Å². The van der Waals surface area contributed by atoms with Gasteiger partial charge in [-0.25, -0.2) is 4.98 Å². The number of hydrogen-bond donors (Lipinski definition) is 0. The summed E-state index contributed by atoms with van der Waals surface area (Å²) in [6, 6.07) is 3.49. The van der Waals surface area contributed by atoms with Crippen molar-refractivity contribution in [1.29, 1.82) is 0 Å². The number of hydrogen-bond acceptors (Lipinski definition) is 3. The molecule has 0 radical (unpaired) electrons. The number of halogens is 1. The Labute approximate surface area is 89.0 Å². The molecule has 1 aromatic heterocycles. The molecule has 0 saturated heterocycles. The lowest BCUT2D eigenvalue weighted by Crippen LogP contribution is -2.19. The molecule has 0 bridgehead atoms. The van der Waals surface area contributed by atoms with Crippen LogP contribution in [0.3, 0.4) is 0 Å². The van der Waals surface area contributed by atoms with E-state index in [0.717, 1.165) is 0 Å². The highest BCUT2D eigenvalue weighted by Crippen LogP contribution is 2.12. The summed E-state index contributed by atoms with van der Waals surface area (Å²) >= 11 is 5.69. The fourth-order valence-corrected chi connectivity index (χ4v) is 1.07. The largest absolute Gasteiger partial charge is 0.472 e. The zero-order valence-electron chi connectivity index (χ0n) is 8.37. The van der Waals surface area contributed by atoms with Crippen molar-refractivity contribution in [3.05, 3.63) is 23.4 Å². The predicted molar refractivity (Wildman–Crippen MR) is 55.8 cm³/mol. The molecule has 0 aliphatic carbocycles. The molecule has 1 unspecified atom stereocenters. The topological polar surface area (TPSA) is 31.4 Å². The lowest BCUT2D eigenvalue weighted by atomic mass is 10.4. The minimum atomic E-state index is 0.00336. The van der Waals surface area contributed by atoms with Crippen LogP contribution in [0.1, 0.15) is 13.8 Å². The zero-order valence-corrected chi connectivity index (χ0v) is 9.12. The van der Waals surface area contributed by atoms with Crippen molar-refractivity contribution >= 4 is 11.6 Å². The Bertz CT molecular complexity index is 263. The van der Waals surface area contributed by atoms with Crippen LogP contribution in [-0.4, -0.2) is 24.3 Å². The summed E-state index contributed by atoms with van der Waals surface area (Å²) in [5, 5.41) is 0.606. The Kier molecular flexibility index (Phi) is 4.70. The monoisotopic (exact) mass is 215 g/mol. The Morgan fingerprint density at radius 1 is 1.50 bits per heavy atom. The van der Waals surface area contributed by atoms with Gasteiger partial charge in [0.05, 0.1) is 11.6 Å². The third-order valence-electron chi connectivity index (χ3n) is 1.58. The molecule has 1 atom stereocenters. The van der Waals surface area contributed by atoms with Gasteiger partial charge in [0.1, 0.15) is 6.10 Å². The van der Waals surface area contributed by atoms with Crippen molar-refractivity contribution in [3.63, 3.8) is 0 Å². The Hall–Kier alpha value is -0.800. The van der Waals surface area contributed by atoms with Crippen molar-refractivity contribution < 1.29 is 9.47 Å². The molecule has 0 spiro atoms. The van der Waals surface area contributed by atoms with Gasteiger partial charge >= 0.3 is 0 Å². The third kappa shape index (κ3) is 3.94. The summed E-state index contributed by atoms with van der Waals surface area (Å²) in [5.74, 6) is 0.571. The zero-order chi connectivity index (χ0) is 10.4. The third-order valence-corrected chi connectivity index (χ3v) is 1.80. The van der Waals surface area contributed by atoms with Crippen LogP contribution in [0.4, 0.5) is 0 Å². The molecular formula is C10H14ClNO2. The summed E-state index contributed by atoms with van der Waals surface area (Å²) in [4.78, 5) is 4.02. The van der Waals surface area contributed by atoms with Crippen LogP contribution in [0.15, 0.2) is 18.3 Å². The molecule has 0 saturated carbocycles. The number of ether oxygens (including phenoxy) is 2. The van der Waals surface area contributed by atoms with Gasteiger partial charge in [0.25, 0.3) is 0 Å². The van der Waals surface area contributed by atoms with Crippen LogP contribution in [-0.2, 0) is 4.74 Å². The minimum Gasteiger partial charge on any atom is -0.472 e. The number of nitrogens with zero attached hydrogens (tertiary/aromatic N) is 1. The number of pyridine rings is 1. The molecule has 1 rings (SSSR count). The van der Waals surface area contributed by atoms with Crippen LogP contribution in [0.25, 0.3) is 0 Å². The van der Waals surface area contributed by atoms with E-state index < -0.39 is 0 Å². The quantitative estimate of drug-likeness (QED) is 0.757. The summed E-state index contributed by atoms with van der Waals surface area (Å²) < 4.78 is 10.7. The first-order valence-corrected chi connectivity index (χ1v) is 4.96. The molecule has 0 amide bonds. The van der Waals surface area contributed by atoms with E-state index in [-0.39, 0.29) is 6.10 Å². The molecule has 4 heteroatoms. The van der Waals surface area contributed by atoms with Crippen molar-refractivity contribution in [2.24, 2.45) is 0 Å². The van der Waals surface area contributed by atoms with E-state index in [1.54, 1.807) is 18.3 Å². The molecule has 1 heterocycles. The fraction of sp³-hybridized carbons (Fsp3) is 0.500. The molecule has 0 aromatic carbocycles. The highest BCUT2D eigenvalue weighted by Gasteiger charge is 2.04. The Morgan fingerprint density at radius 3 is 2.86 bits per heavy atom. The molecule has 0 fully saturated rings. The van der Waals surface area contributed by atoms with E-state index in [0.29, 0.717) is 24.1 Å². The average Bonchev–Trinajstić information content (AvgIpc) is 2.18. The van der Waals surface area contributed by atoms with Crippen molar-refractivity contribution in [1.82, 2.24) is 4.98 Å². The minimum absolute atomic E-state index is 0.00336. The van der Waals surface area contributed by atoms with Crippen molar-refractivity contribution in [2.45, 2.75) is 20.0 Å². The first kappa shape index (κ1) is 11.3. The number of rotatable bonds is 5. The summed E-state index contributed by atoms with van der Waals surface area (Å²) in [5.41, 5.74) is 0. The summed E-state index contributed by atoms with van der Waals surface area (Å²) in [6.45, 7) is 5.15. The normalized spacial score (nSPS) is 12.5. The van der Waals surface area contributed by atoms with Crippen LogP contribution < -0.4 is 4.74 Å². The van der Waals surface area contributed by atoms with Crippen molar-refractivity contribution in [2.75, 3.05) is 13.2 Å². The van der Waals surface area contributed by atoms with Gasteiger partial charge in [-0.3, -0.25) is 0 Å². The van der Waals surface area contributed by atoms with E-state index in [4.69, 9.17) is 21.1 Å². The first-order chi connectivity index (χ1) is 6.72. The van der Waals surface area contributed by atoms with Crippen LogP contribution in [0.2, 0.25) is 5.02 Å². The Morgan fingerprint density at radius 2 is 2.29 bits per heavy atom. The van der Waals surface area contributed by atoms with Gasteiger partial charge in [0.2, 0.25) is 5.88 Å². The van der Waals surface area contributed by atoms with E-state index in [9.17, 15) is 0 Å². The molecule has 1 aromatic rings. The molecule has 78 valence electrons. The smallest absolute Gasteiger partial charge is 0.213 e. The van der Waals surface area contributed by atoms with Crippen LogP contribution in [0.5, 0.6) is 5.88 Å². The predicted octanol–water partition coefficient (Wildman–Crippen LogP) is 2.54. The lowest BCUT2D eigenvalue weighted by Gasteiger charge is -2.13. The van der Waals surface area contributed by atoms with E-state index in [2.05, 4.69) is 4.98 Å². The molecule has 0 aliphatic heterocycles. The van der Waals surface area contributed by atoms with Crippen LogP contribution >= 0.6 is 11.6 Å². The van der Waals surface area contributed by atoms with Crippen LogP contribution in [0, 0.1) is 0 Å². The second-order valence-electron chi connectivity index (χ2n) is 2.90. The Balaban J connectivity index is 2.39. The maximum atomic E-state index is 5.69. The highest BCUT2D eigenvalue weighted by atomic mass is 35.5. The van der Waals surface area contributed by atoms with E-state index in [1.807, 2.05) is 13.8 Å². The lowest BCUT2D eigenvalue weighted by molar-refractivity contribution is 0.0633. The molecule has 0 aliphatic rings. The maximum Gasteiger partial charge on any atom is 0.213 e. The van der Waals surface area contributed by atoms with Gasteiger partial charge in [-0.05, 0) is 19.9 Å². The van der Waals surface area contributed by atoms with Crippen molar-refractivity contribution in [3.8, 4) is 5.88 Å². The summed E-state index contributed by atoms with van der Waals surface area (Å²) in [6.07, 6.45) is 1.56.